The molecule has 1 N–H and O–H groups in total. The Balaban J connectivity index is 2.20. The van der Waals surface area contributed by atoms with Gasteiger partial charge in [0.25, 0.3) is 5.56 Å². The van der Waals surface area contributed by atoms with E-state index in [9.17, 15) is 4.79 Å². The molecule has 2 aromatic heterocycles. The van der Waals surface area contributed by atoms with Crippen LogP contribution in [0.1, 0.15) is 17.0 Å². The molecule has 0 aromatic carbocycles. The third-order valence-corrected chi connectivity index (χ3v) is 3.83. The fourth-order valence-electron chi connectivity index (χ4n) is 2.02. The summed E-state index contributed by atoms with van der Waals surface area (Å²) < 4.78 is 1.73. The molecule has 0 saturated heterocycles. The molecule has 1 aliphatic heterocycles. The molecule has 0 atom stereocenters. The molecule has 0 unspecified atom stereocenters. The molecule has 6 heteroatoms. The van der Waals surface area contributed by atoms with E-state index >= 15 is 0 Å². The zero-order valence-corrected chi connectivity index (χ0v) is 10.5. The fourth-order valence-corrected chi connectivity index (χ4v) is 3.06. The summed E-state index contributed by atoms with van der Waals surface area (Å²) in [5.74, 6) is 2.22. The number of rotatable bonds is 1. The number of aromatic amines is 1. The maximum Gasteiger partial charge on any atom is 0.255 e. The molecule has 2 aromatic rings. The van der Waals surface area contributed by atoms with Crippen molar-refractivity contribution in [3.8, 4) is 11.4 Å². The van der Waals surface area contributed by atoms with Gasteiger partial charge >= 0.3 is 0 Å². The summed E-state index contributed by atoms with van der Waals surface area (Å²) in [4.78, 5) is 19.3. The van der Waals surface area contributed by atoms with Crippen molar-refractivity contribution in [2.45, 2.75) is 18.4 Å². The third kappa shape index (κ3) is 1.68. The van der Waals surface area contributed by atoms with E-state index in [1.165, 1.54) is 0 Å². The first kappa shape index (κ1) is 10.6. The Morgan fingerprint density at radius 2 is 2.29 bits per heavy atom. The lowest BCUT2D eigenvalue weighted by molar-refractivity contribution is 0.756. The van der Waals surface area contributed by atoms with Gasteiger partial charge in [0.2, 0.25) is 0 Å². The molecule has 0 fully saturated rings. The summed E-state index contributed by atoms with van der Waals surface area (Å²) in [6.07, 6.45) is 1.88. The maximum absolute atomic E-state index is 11.9. The van der Waals surface area contributed by atoms with Gasteiger partial charge in [0.15, 0.2) is 0 Å². The molecule has 0 spiro atoms. The van der Waals surface area contributed by atoms with Gasteiger partial charge in [0.1, 0.15) is 5.82 Å². The topological polar surface area (TPSA) is 63.6 Å². The Kier molecular flexibility index (Phi) is 2.32. The van der Waals surface area contributed by atoms with Gasteiger partial charge in [-0.2, -0.15) is 16.9 Å². The van der Waals surface area contributed by atoms with Crippen LogP contribution in [0.25, 0.3) is 11.4 Å². The quantitative estimate of drug-likeness (QED) is 0.824. The summed E-state index contributed by atoms with van der Waals surface area (Å²) >= 11 is 1.73. The molecule has 1 aliphatic rings. The molecule has 0 aliphatic carbocycles. The molecule has 0 bridgehead atoms. The molecule has 0 saturated carbocycles. The van der Waals surface area contributed by atoms with Gasteiger partial charge in [-0.25, -0.2) is 4.98 Å². The zero-order chi connectivity index (χ0) is 12.0. The second-order valence-corrected chi connectivity index (χ2v) is 5.12. The first-order chi connectivity index (χ1) is 8.15. The molecule has 0 radical (unpaired) electrons. The number of hydrogen-bond acceptors (Lipinski definition) is 4. The standard InChI is InChI=1S/C11H12N4OS/c1-6-7(3-15(2)14-6)10-12-9-5-17-4-8(9)11(16)13-10/h3H,4-5H2,1-2H3,(H,12,13,16). The van der Waals surface area contributed by atoms with Crippen LogP contribution in [0.3, 0.4) is 0 Å². The smallest absolute Gasteiger partial charge is 0.255 e. The van der Waals surface area contributed by atoms with Crippen molar-refractivity contribution >= 4 is 11.8 Å². The van der Waals surface area contributed by atoms with Crippen molar-refractivity contribution in [3.63, 3.8) is 0 Å². The summed E-state index contributed by atoms with van der Waals surface area (Å²) in [6.45, 7) is 1.91. The van der Waals surface area contributed by atoms with Gasteiger partial charge in [0, 0.05) is 30.3 Å². The van der Waals surface area contributed by atoms with E-state index < -0.39 is 0 Å². The van der Waals surface area contributed by atoms with Gasteiger partial charge in [-0.05, 0) is 6.92 Å². The van der Waals surface area contributed by atoms with Crippen molar-refractivity contribution in [1.82, 2.24) is 19.7 Å². The molecular formula is C11H12N4OS. The third-order valence-electron chi connectivity index (χ3n) is 2.85. The van der Waals surface area contributed by atoms with Crippen LogP contribution in [0.15, 0.2) is 11.0 Å². The van der Waals surface area contributed by atoms with E-state index in [0.717, 1.165) is 34.0 Å². The molecule has 0 amide bonds. The highest BCUT2D eigenvalue weighted by atomic mass is 32.2. The number of thioether (sulfide) groups is 1. The second-order valence-electron chi connectivity index (χ2n) is 4.13. The van der Waals surface area contributed by atoms with Crippen molar-refractivity contribution < 1.29 is 0 Å². The highest BCUT2D eigenvalue weighted by molar-refractivity contribution is 7.98. The number of hydrogen-bond donors (Lipinski definition) is 1. The van der Waals surface area contributed by atoms with Crippen LogP contribution in [0, 0.1) is 6.92 Å². The van der Waals surface area contributed by atoms with E-state index in [-0.39, 0.29) is 5.56 Å². The maximum atomic E-state index is 11.9. The van der Waals surface area contributed by atoms with Crippen LogP contribution < -0.4 is 5.56 Å². The van der Waals surface area contributed by atoms with Gasteiger partial charge < -0.3 is 4.98 Å². The highest BCUT2D eigenvalue weighted by Gasteiger charge is 2.19. The zero-order valence-electron chi connectivity index (χ0n) is 9.65. The van der Waals surface area contributed by atoms with E-state index in [2.05, 4.69) is 15.1 Å². The summed E-state index contributed by atoms with van der Waals surface area (Å²) in [5.41, 5.74) is 3.49. The van der Waals surface area contributed by atoms with Crippen LogP contribution >= 0.6 is 11.8 Å². The van der Waals surface area contributed by atoms with E-state index in [4.69, 9.17) is 0 Å². The highest BCUT2D eigenvalue weighted by Crippen LogP contribution is 2.27. The largest absolute Gasteiger partial charge is 0.306 e. The molecule has 17 heavy (non-hydrogen) atoms. The van der Waals surface area contributed by atoms with Gasteiger partial charge in [-0.3, -0.25) is 9.48 Å². The minimum absolute atomic E-state index is 0.0155. The Hall–Kier alpha value is -1.56. The predicted molar refractivity (Wildman–Crippen MR) is 66.8 cm³/mol. The number of aryl methyl sites for hydroxylation is 2. The Morgan fingerprint density at radius 1 is 1.47 bits per heavy atom. The van der Waals surface area contributed by atoms with Gasteiger partial charge in [-0.15, -0.1) is 0 Å². The lowest BCUT2D eigenvalue weighted by atomic mass is 10.2. The lowest BCUT2D eigenvalue weighted by Crippen LogP contribution is -2.15. The SMILES string of the molecule is Cc1nn(C)cc1-c1nc2c(c(=O)[nH]1)CSC2. The van der Waals surface area contributed by atoms with E-state index in [0.29, 0.717) is 5.82 Å². The summed E-state index contributed by atoms with van der Waals surface area (Å²) in [5, 5.41) is 4.26. The number of nitrogens with one attached hydrogen (secondary N) is 1. The van der Waals surface area contributed by atoms with Crippen LogP contribution in [0.4, 0.5) is 0 Å². The molecule has 88 valence electrons. The number of H-pyrrole nitrogens is 1. The Bertz CT molecular complexity index is 643. The molecule has 5 nitrogen and oxygen atoms in total. The van der Waals surface area contributed by atoms with Crippen LogP contribution in [0.2, 0.25) is 0 Å². The van der Waals surface area contributed by atoms with Crippen molar-refractivity contribution in [3.05, 3.63) is 33.5 Å². The normalized spacial score (nSPS) is 14.0. The predicted octanol–water partition coefficient (Wildman–Crippen LogP) is 1.23. The van der Waals surface area contributed by atoms with Crippen molar-refractivity contribution in [2.75, 3.05) is 0 Å². The van der Waals surface area contributed by atoms with E-state index in [1.807, 2.05) is 20.2 Å². The molecular weight excluding hydrogens is 236 g/mol. The fraction of sp³-hybridized carbons (Fsp3) is 0.364. The number of nitrogens with zero attached hydrogens (tertiary/aromatic N) is 3. The minimum atomic E-state index is -0.0155. The molecule has 3 heterocycles. The van der Waals surface area contributed by atoms with Crippen molar-refractivity contribution in [1.29, 1.82) is 0 Å². The van der Waals surface area contributed by atoms with Crippen LogP contribution in [0.5, 0.6) is 0 Å². The van der Waals surface area contributed by atoms with Gasteiger partial charge in [0.05, 0.1) is 17.0 Å². The molecule has 3 rings (SSSR count). The minimum Gasteiger partial charge on any atom is -0.306 e. The number of aromatic nitrogens is 4. The second kappa shape index (κ2) is 3.73. The first-order valence-corrected chi connectivity index (χ1v) is 6.51. The Labute approximate surface area is 102 Å². The summed E-state index contributed by atoms with van der Waals surface area (Å²) in [7, 11) is 1.86. The first-order valence-electron chi connectivity index (χ1n) is 5.35. The van der Waals surface area contributed by atoms with Crippen LogP contribution in [-0.4, -0.2) is 19.7 Å². The van der Waals surface area contributed by atoms with Crippen molar-refractivity contribution in [2.24, 2.45) is 7.05 Å². The van der Waals surface area contributed by atoms with E-state index in [1.54, 1.807) is 16.4 Å². The monoisotopic (exact) mass is 248 g/mol. The average molecular weight is 248 g/mol. The lowest BCUT2D eigenvalue weighted by Gasteiger charge is -2.01. The summed E-state index contributed by atoms with van der Waals surface area (Å²) in [6, 6.07) is 0. The number of fused-ring (bicyclic) bond motifs is 1. The Morgan fingerprint density at radius 3 is 3.00 bits per heavy atom. The average Bonchev–Trinajstić information content (AvgIpc) is 2.84. The van der Waals surface area contributed by atoms with Gasteiger partial charge in [-0.1, -0.05) is 0 Å². The van der Waals surface area contributed by atoms with Crippen LogP contribution in [-0.2, 0) is 18.6 Å².